The van der Waals surface area contributed by atoms with Gasteiger partial charge in [-0.2, -0.15) is 4.31 Å². The molecule has 0 unspecified atom stereocenters. The summed E-state index contributed by atoms with van der Waals surface area (Å²) in [7, 11) is -4.13. The molecule has 0 aliphatic carbocycles. The Morgan fingerprint density at radius 3 is 2.53 bits per heavy atom. The van der Waals surface area contributed by atoms with Crippen molar-refractivity contribution in [2.24, 2.45) is 0 Å². The minimum Gasteiger partial charge on any atom is -0.472 e. The van der Waals surface area contributed by atoms with E-state index < -0.39 is 21.8 Å². The van der Waals surface area contributed by atoms with Crippen molar-refractivity contribution in [2.75, 3.05) is 0 Å². The summed E-state index contributed by atoms with van der Waals surface area (Å²) in [5, 5.41) is 0. The van der Waals surface area contributed by atoms with Crippen molar-refractivity contribution < 1.29 is 22.4 Å². The average Bonchev–Trinajstić information content (AvgIpc) is 2.97. The lowest BCUT2D eigenvalue weighted by Crippen LogP contribution is -2.36. The molecule has 2 heterocycles. The summed E-state index contributed by atoms with van der Waals surface area (Å²) in [5.74, 6) is -1.77. The summed E-state index contributed by atoms with van der Waals surface area (Å²) < 4.78 is 29.4. The first-order valence-corrected chi connectivity index (χ1v) is 6.72. The number of carbonyl (C=O) groups is 2. The standard InChI is InChI=1S/C12H7NO5S/c14-11(8-5-6-18-7-8)13-12(15)9-3-1-2-4-10(9)19(13,16)17/h1-7H. The molecule has 1 aromatic carbocycles. The van der Waals surface area contributed by atoms with Crippen LogP contribution in [0.3, 0.4) is 0 Å². The molecule has 1 aliphatic rings. The van der Waals surface area contributed by atoms with Gasteiger partial charge in [-0.15, -0.1) is 0 Å². The van der Waals surface area contributed by atoms with E-state index in [9.17, 15) is 18.0 Å². The maximum atomic E-state index is 12.2. The van der Waals surface area contributed by atoms with E-state index in [2.05, 4.69) is 0 Å². The number of benzene rings is 1. The predicted octanol–water partition coefficient (Wildman–Crippen LogP) is 1.26. The Balaban J connectivity index is 2.16. The highest BCUT2D eigenvalue weighted by molar-refractivity contribution is 7.90. The van der Waals surface area contributed by atoms with Crippen molar-refractivity contribution in [1.29, 1.82) is 0 Å². The molecule has 0 saturated carbocycles. The summed E-state index contributed by atoms with van der Waals surface area (Å²) in [5.41, 5.74) is 0.00377. The molecule has 0 atom stereocenters. The number of sulfonamides is 1. The number of amides is 2. The van der Waals surface area contributed by atoms with Gasteiger partial charge in [0.05, 0.1) is 17.4 Å². The van der Waals surface area contributed by atoms with Crippen LogP contribution in [0.4, 0.5) is 0 Å². The zero-order valence-corrected chi connectivity index (χ0v) is 10.3. The third-order valence-corrected chi connectivity index (χ3v) is 4.50. The SMILES string of the molecule is O=C(c1ccoc1)N1C(=O)c2ccccc2S1(=O)=O. The number of carbonyl (C=O) groups excluding carboxylic acids is 2. The fraction of sp³-hybridized carbons (Fsp3) is 0. The molecule has 0 bridgehead atoms. The molecule has 19 heavy (non-hydrogen) atoms. The average molecular weight is 277 g/mol. The van der Waals surface area contributed by atoms with Gasteiger partial charge in [0.25, 0.3) is 21.8 Å². The second kappa shape index (κ2) is 3.79. The second-order valence-electron chi connectivity index (χ2n) is 3.89. The van der Waals surface area contributed by atoms with E-state index in [1.54, 1.807) is 0 Å². The van der Waals surface area contributed by atoms with Crippen LogP contribution in [-0.4, -0.2) is 24.5 Å². The summed E-state index contributed by atoms with van der Waals surface area (Å²) in [6.07, 6.45) is 2.32. The van der Waals surface area contributed by atoms with Crippen molar-refractivity contribution in [3.05, 3.63) is 54.0 Å². The molecule has 2 amide bonds. The first-order valence-electron chi connectivity index (χ1n) is 5.28. The highest BCUT2D eigenvalue weighted by Crippen LogP contribution is 2.31. The van der Waals surface area contributed by atoms with Crippen molar-refractivity contribution in [3.63, 3.8) is 0 Å². The molecular weight excluding hydrogens is 270 g/mol. The Morgan fingerprint density at radius 2 is 1.89 bits per heavy atom. The number of hydrogen-bond acceptors (Lipinski definition) is 5. The van der Waals surface area contributed by atoms with Crippen LogP contribution in [0.2, 0.25) is 0 Å². The number of hydrogen-bond donors (Lipinski definition) is 0. The summed E-state index contributed by atoms with van der Waals surface area (Å²) >= 11 is 0. The topological polar surface area (TPSA) is 84.7 Å². The van der Waals surface area contributed by atoms with Gasteiger partial charge in [0.15, 0.2) is 0 Å². The predicted molar refractivity (Wildman–Crippen MR) is 62.8 cm³/mol. The molecule has 1 aromatic heterocycles. The Labute approximate surface area is 108 Å². The monoisotopic (exact) mass is 277 g/mol. The first-order chi connectivity index (χ1) is 9.03. The van der Waals surface area contributed by atoms with Crippen LogP contribution in [0.25, 0.3) is 0 Å². The van der Waals surface area contributed by atoms with Crippen LogP contribution in [0, 0.1) is 0 Å². The van der Waals surface area contributed by atoms with Gasteiger partial charge in [-0.05, 0) is 18.2 Å². The molecule has 1 aliphatic heterocycles. The van der Waals surface area contributed by atoms with Crippen molar-refractivity contribution in [2.45, 2.75) is 4.90 Å². The van der Waals surface area contributed by atoms with Gasteiger partial charge in [0, 0.05) is 0 Å². The minimum atomic E-state index is -4.13. The highest BCUT2D eigenvalue weighted by Gasteiger charge is 2.45. The third-order valence-electron chi connectivity index (χ3n) is 2.77. The molecule has 0 radical (unpaired) electrons. The molecule has 0 saturated heterocycles. The van der Waals surface area contributed by atoms with E-state index >= 15 is 0 Å². The van der Waals surface area contributed by atoms with Gasteiger partial charge in [0.1, 0.15) is 11.2 Å². The maximum Gasteiger partial charge on any atom is 0.278 e. The second-order valence-corrected chi connectivity index (χ2v) is 5.64. The number of nitrogens with zero attached hydrogens (tertiary/aromatic N) is 1. The van der Waals surface area contributed by atoms with E-state index in [1.807, 2.05) is 0 Å². The molecule has 6 nitrogen and oxygen atoms in total. The Hall–Kier alpha value is -2.41. The van der Waals surface area contributed by atoms with Gasteiger partial charge < -0.3 is 4.42 Å². The van der Waals surface area contributed by atoms with Crippen LogP contribution in [0.15, 0.2) is 52.2 Å². The number of furan rings is 1. The van der Waals surface area contributed by atoms with Crippen LogP contribution in [-0.2, 0) is 10.0 Å². The van der Waals surface area contributed by atoms with E-state index in [0.29, 0.717) is 0 Å². The van der Waals surface area contributed by atoms with Crippen molar-refractivity contribution >= 4 is 21.8 Å². The van der Waals surface area contributed by atoms with Gasteiger partial charge in [-0.3, -0.25) is 9.59 Å². The lowest BCUT2D eigenvalue weighted by Gasteiger charge is -2.11. The van der Waals surface area contributed by atoms with Crippen molar-refractivity contribution in [3.8, 4) is 0 Å². The number of imide groups is 1. The summed E-state index contributed by atoms with van der Waals surface area (Å²) in [6.45, 7) is 0. The normalized spacial score (nSPS) is 16.4. The molecule has 96 valence electrons. The van der Waals surface area contributed by atoms with E-state index in [-0.39, 0.29) is 20.3 Å². The van der Waals surface area contributed by atoms with Crippen LogP contribution < -0.4 is 0 Å². The van der Waals surface area contributed by atoms with E-state index in [0.717, 1.165) is 6.26 Å². The third kappa shape index (κ3) is 1.52. The Bertz CT molecular complexity index is 768. The zero-order chi connectivity index (χ0) is 13.6. The lowest BCUT2D eigenvalue weighted by molar-refractivity contribution is 0.0739. The summed E-state index contributed by atoms with van der Waals surface area (Å²) in [4.78, 5) is 24.0. The van der Waals surface area contributed by atoms with E-state index in [4.69, 9.17) is 4.42 Å². The Morgan fingerprint density at radius 1 is 1.16 bits per heavy atom. The summed E-state index contributed by atoms with van der Waals surface area (Å²) in [6, 6.07) is 7.00. The van der Waals surface area contributed by atoms with Crippen molar-refractivity contribution in [1.82, 2.24) is 4.31 Å². The number of fused-ring (bicyclic) bond motifs is 1. The largest absolute Gasteiger partial charge is 0.472 e. The molecule has 0 fully saturated rings. The fourth-order valence-electron chi connectivity index (χ4n) is 1.89. The molecule has 2 aromatic rings. The zero-order valence-electron chi connectivity index (χ0n) is 9.44. The fourth-order valence-corrected chi connectivity index (χ4v) is 3.41. The molecule has 0 spiro atoms. The van der Waals surface area contributed by atoms with Gasteiger partial charge in [-0.25, -0.2) is 8.42 Å². The molecular formula is C12H7NO5S. The molecule has 3 rings (SSSR count). The minimum absolute atomic E-state index is 0.000607. The molecule has 0 N–H and O–H groups in total. The van der Waals surface area contributed by atoms with E-state index in [1.165, 1.54) is 36.6 Å². The lowest BCUT2D eigenvalue weighted by atomic mass is 10.2. The van der Waals surface area contributed by atoms with Crippen LogP contribution in [0.5, 0.6) is 0 Å². The van der Waals surface area contributed by atoms with Gasteiger partial charge in [-0.1, -0.05) is 12.1 Å². The highest BCUT2D eigenvalue weighted by atomic mass is 32.2. The Kier molecular flexibility index (Phi) is 2.33. The van der Waals surface area contributed by atoms with Crippen LogP contribution in [0.1, 0.15) is 20.7 Å². The van der Waals surface area contributed by atoms with Gasteiger partial charge >= 0.3 is 0 Å². The molecule has 7 heteroatoms. The smallest absolute Gasteiger partial charge is 0.278 e. The first kappa shape index (κ1) is 11.7. The van der Waals surface area contributed by atoms with Gasteiger partial charge in [0.2, 0.25) is 0 Å². The number of rotatable bonds is 1. The quantitative estimate of drug-likeness (QED) is 0.733. The van der Waals surface area contributed by atoms with Crippen LogP contribution >= 0.6 is 0 Å². The maximum absolute atomic E-state index is 12.2.